The molecule has 122 valence electrons. The van der Waals surface area contributed by atoms with Crippen LogP contribution in [0.25, 0.3) is 0 Å². The van der Waals surface area contributed by atoms with E-state index in [1.807, 2.05) is 6.07 Å². The molecule has 0 atom stereocenters. The second kappa shape index (κ2) is 6.97. The van der Waals surface area contributed by atoms with Crippen LogP contribution in [-0.2, 0) is 10.2 Å². The Balaban J connectivity index is 0.00000176. The Kier molecular flexibility index (Phi) is 5.45. The number of hydrogen-bond acceptors (Lipinski definition) is 2. The number of amides is 1. The molecular weight excluding hydrogens is 303 g/mol. The van der Waals surface area contributed by atoms with E-state index in [2.05, 4.69) is 5.32 Å². The molecule has 2 aliphatic carbocycles. The average molecular weight is 327 g/mol. The predicted molar refractivity (Wildman–Crippen MR) is 87.6 cm³/mol. The van der Waals surface area contributed by atoms with Crippen LogP contribution in [0.1, 0.15) is 50.5 Å². The van der Waals surface area contributed by atoms with Crippen molar-refractivity contribution in [1.29, 1.82) is 0 Å². The van der Waals surface area contributed by atoms with Gasteiger partial charge in [0.2, 0.25) is 5.91 Å². The molecule has 0 heterocycles. The molecule has 2 aliphatic rings. The molecule has 0 aromatic heterocycles. The first kappa shape index (κ1) is 17.2. The molecule has 0 unspecified atom stereocenters. The molecule has 5 heteroatoms. The number of nitrogens with two attached hydrogens (primary N) is 1. The molecule has 1 aromatic rings. The molecule has 0 aliphatic heterocycles. The maximum atomic E-state index is 13.5. The fourth-order valence-electron chi connectivity index (χ4n) is 3.55. The molecular formula is C17H24ClFN2O. The number of rotatable bonds is 3. The number of halogens is 2. The molecule has 1 aromatic carbocycles. The smallest absolute Gasteiger partial charge is 0.230 e. The summed E-state index contributed by atoms with van der Waals surface area (Å²) in [5, 5.41) is 3.18. The van der Waals surface area contributed by atoms with Crippen molar-refractivity contribution in [2.75, 3.05) is 0 Å². The van der Waals surface area contributed by atoms with E-state index in [0.717, 1.165) is 50.5 Å². The highest BCUT2D eigenvalue weighted by Crippen LogP contribution is 2.44. The second-order valence-electron chi connectivity index (χ2n) is 6.53. The quantitative estimate of drug-likeness (QED) is 0.897. The molecule has 3 N–H and O–H groups in total. The van der Waals surface area contributed by atoms with E-state index in [1.54, 1.807) is 6.07 Å². The molecule has 0 radical (unpaired) electrons. The third-order valence-corrected chi connectivity index (χ3v) is 5.13. The Bertz CT molecular complexity index is 525. The lowest BCUT2D eigenvalue weighted by Crippen LogP contribution is -2.53. The Hall–Kier alpha value is -1.13. The first-order valence-electron chi connectivity index (χ1n) is 7.93. The van der Waals surface area contributed by atoms with Gasteiger partial charge in [-0.05, 0) is 56.2 Å². The number of carbonyl (C=O) groups is 1. The topological polar surface area (TPSA) is 55.1 Å². The lowest BCUT2D eigenvalue weighted by molar-refractivity contribution is -0.130. The van der Waals surface area contributed by atoms with Crippen molar-refractivity contribution in [2.24, 2.45) is 5.73 Å². The third kappa shape index (κ3) is 3.28. The zero-order valence-electron chi connectivity index (χ0n) is 12.7. The van der Waals surface area contributed by atoms with Crippen molar-refractivity contribution in [2.45, 2.75) is 62.4 Å². The van der Waals surface area contributed by atoms with Crippen LogP contribution in [-0.4, -0.2) is 18.0 Å². The second-order valence-corrected chi connectivity index (χ2v) is 6.53. The predicted octanol–water partition coefficient (Wildman–Crippen LogP) is 3.06. The number of benzene rings is 1. The van der Waals surface area contributed by atoms with Crippen LogP contribution in [0, 0.1) is 5.82 Å². The summed E-state index contributed by atoms with van der Waals surface area (Å²) < 4.78 is 13.5. The van der Waals surface area contributed by atoms with Gasteiger partial charge in [0.05, 0.1) is 5.41 Å². The SMILES string of the molecule is Cl.NC1CCC(NC(=O)C2(c3cccc(F)c3)CCC2)CC1. The minimum Gasteiger partial charge on any atom is -0.353 e. The summed E-state index contributed by atoms with van der Waals surface area (Å²) in [7, 11) is 0. The zero-order chi connectivity index (χ0) is 14.9. The first-order valence-corrected chi connectivity index (χ1v) is 7.93. The van der Waals surface area contributed by atoms with E-state index in [-0.39, 0.29) is 36.2 Å². The summed E-state index contributed by atoms with van der Waals surface area (Å²) in [4.78, 5) is 12.7. The van der Waals surface area contributed by atoms with Crippen LogP contribution < -0.4 is 11.1 Å². The lowest BCUT2D eigenvalue weighted by atomic mass is 9.63. The molecule has 2 saturated carbocycles. The van der Waals surface area contributed by atoms with Crippen LogP contribution in [0.15, 0.2) is 24.3 Å². The number of hydrogen-bond donors (Lipinski definition) is 2. The van der Waals surface area contributed by atoms with Crippen molar-refractivity contribution in [3.63, 3.8) is 0 Å². The fourth-order valence-corrected chi connectivity index (χ4v) is 3.55. The van der Waals surface area contributed by atoms with E-state index >= 15 is 0 Å². The highest BCUT2D eigenvalue weighted by molar-refractivity contribution is 5.89. The molecule has 2 fully saturated rings. The van der Waals surface area contributed by atoms with Crippen molar-refractivity contribution < 1.29 is 9.18 Å². The summed E-state index contributed by atoms with van der Waals surface area (Å²) in [5.74, 6) is -0.199. The first-order chi connectivity index (χ1) is 10.1. The minimum absolute atomic E-state index is 0. The lowest BCUT2D eigenvalue weighted by Gasteiger charge is -2.42. The van der Waals surface area contributed by atoms with Gasteiger partial charge in [-0.15, -0.1) is 12.4 Å². The van der Waals surface area contributed by atoms with Gasteiger partial charge in [-0.25, -0.2) is 4.39 Å². The van der Waals surface area contributed by atoms with Crippen LogP contribution in [0.5, 0.6) is 0 Å². The van der Waals surface area contributed by atoms with Gasteiger partial charge < -0.3 is 11.1 Å². The van der Waals surface area contributed by atoms with E-state index < -0.39 is 5.41 Å². The highest BCUT2D eigenvalue weighted by Gasteiger charge is 2.46. The van der Waals surface area contributed by atoms with E-state index in [9.17, 15) is 9.18 Å². The van der Waals surface area contributed by atoms with Crippen molar-refractivity contribution >= 4 is 18.3 Å². The zero-order valence-corrected chi connectivity index (χ0v) is 13.5. The third-order valence-electron chi connectivity index (χ3n) is 5.13. The van der Waals surface area contributed by atoms with E-state index in [1.165, 1.54) is 12.1 Å². The molecule has 0 spiro atoms. The van der Waals surface area contributed by atoms with Crippen LogP contribution in [0.4, 0.5) is 4.39 Å². The van der Waals surface area contributed by atoms with Crippen molar-refractivity contribution in [3.8, 4) is 0 Å². The van der Waals surface area contributed by atoms with Gasteiger partial charge in [-0.2, -0.15) is 0 Å². The van der Waals surface area contributed by atoms with E-state index in [4.69, 9.17) is 5.73 Å². The van der Waals surface area contributed by atoms with Gasteiger partial charge in [0.15, 0.2) is 0 Å². The van der Waals surface area contributed by atoms with Gasteiger partial charge in [0.1, 0.15) is 5.82 Å². The Labute approximate surface area is 137 Å². The molecule has 3 nitrogen and oxygen atoms in total. The van der Waals surface area contributed by atoms with Gasteiger partial charge in [0, 0.05) is 12.1 Å². The normalized spacial score (nSPS) is 26.5. The summed E-state index contributed by atoms with van der Waals surface area (Å²) in [6, 6.07) is 7.00. The molecule has 3 rings (SSSR count). The summed E-state index contributed by atoms with van der Waals surface area (Å²) in [6.45, 7) is 0. The molecule has 0 saturated heterocycles. The Morgan fingerprint density at radius 2 is 1.91 bits per heavy atom. The Morgan fingerprint density at radius 3 is 2.45 bits per heavy atom. The summed E-state index contributed by atoms with van der Waals surface area (Å²) >= 11 is 0. The van der Waals surface area contributed by atoms with Gasteiger partial charge in [-0.3, -0.25) is 4.79 Å². The van der Waals surface area contributed by atoms with Crippen molar-refractivity contribution in [1.82, 2.24) is 5.32 Å². The fraction of sp³-hybridized carbons (Fsp3) is 0.588. The molecule has 22 heavy (non-hydrogen) atoms. The number of nitrogens with one attached hydrogen (secondary N) is 1. The van der Waals surface area contributed by atoms with Crippen molar-refractivity contribution in [3.05, 3.63) is 35.6 Å². The monoisotopic (exact) mass is 326 g/mol. The molecule has 0 bridgehead atoms. The van der Waals surface area contributed by atoms with Gasteiger partial charge >= 0.3 is 0 Å². The summed E-state index contributed by atoms with van der Waals surface area (Å²) in [6.07, 6.45) is 6.50. The minimum atomic E-state index is -0.512. The standard InChI is InChI=1S/C17H23FN2O.ClH/c18-13-4-1-3-12(11-13)17(9-2-10-17)16(21)20-15-7-5-14(19)6-8-15;/h1,3-4,11,14-15H,2,5-10,19H2,(H,20,21);1H. The van der Waals surface area contributed by atoms with Gasteiger partial charge in [0.25, 0.3) is 0 Å². The highest BCUT2D eigenvalue weighted by atomic mass is 35.5. The van der Waals surface area contributed by atoms with E-state index in [0.29, 0.717) is 0 Å². The summed E-state index contributed by atoms with van der Waals surface area (Å²) in [5.41, 5.74) is 6.21. The van der Waals surface area contributed by atoms with Gasteiger partial charge in [-0.1, -0.05) is 18.6 Å². The largest absolute Gasteiger partial charge is 0.353 e. The van der Waals surface area contributed by atoms with Crippen LogP contribution >= 0.6 is 12.4 Å². The maximum absolute atomic E-state index is 13.5. The Morgan fingerprint density at radius 1 is 1.23 bits per heavy atom. The molecule has 1 amide bonds. The van der Waals surface area contributed by atoms with Crippen LogP contribution in [0.2, 0.25) is 0 Å². The van der Waals surface area contributed by atoms with Crippen LogP contribution in [0.3, 0.4) is 0 Å². The average Bonchev–Trinajstić information content (AvgIpc) is 2.40. The number of carbonyl (C=O) groups excluding carboxylic acids is 1. The maximum Gasteiger partial charge on any atom is 0.230 e.